The fourth-order valence-electron chi connectivity index (χ4n) is 4.95. The molecule has 0 aliphatic carbocycles. The van der Waals surface area contributed by atoms with Crippen LogP contribution in [0.1, 0.15) is 33.9 Å². The first-order chi connectivity index (χ1) is 19.3. The molecular weight excluding hydrogens is 547 g/mol. The fourth-order valence-corrected chi connectivity index (χ4v) is 5.33. The molecule has 0 aliphatic heterocycles. The van der Waals surface area contributed by atoms with E-state index in [1.54, 1.807) is 30.3 Å². The Morgan fingerprint density at radius 1 is 0.650 bits per heavy atom. The first-order valence-electron chi connectivity index (χ1n) is 12.6. The van der Waals surface area contributed by atoms with E-state index in [4.69, 9.17) is 27.6 Å². The predicted octanol–water partition coefficient (Wildman–Crippen LogP) is 7.42. The van der Waals surface area contributed by atoms with Gasteiger partial charge in [0.2, 0.25) is 0 Å². The highest BCUT2D eigenvalue weighted by Gasteiger charge is 2.33. The van der Waals surface area contributed by atoms with Crippen LogP contribution in [0, 0.1) is 13.8 Å². The fraction of sp³-hybridized carbons (Fsp3) is 0.0968. The molecule has 3 heterocycles. The Bertz CT molecular complexity index is 1840. The minimum atomic E-state index is -0.871. The van der Waals surface area contributed by atoms with Crippen LogP contribution < -0.4 is 11.1 Å². The molecule has 40 heavy (non-hydrogen) atoms. The van der Waals surface area contributed by atoms with Gasteiger partial charge in [-0.3, -0.25) is 30.0 Å². The molecule has 6 rings (SSSR count). The first kappa shape index (κ1) is 25.8. The maximum Gasteiger partial charge on any atom is 0.268 e. The third-order valence-electron chi connectivity index (χ3n) is 6.99. The zero-order valence-electron chi connectivity index (χ0n) is 21.6. The summed E-state index contributed by atoms with van der Waals surface area (Å²) >= 11 is 12.7. The molecule has 6 aromatic rings. The van der Waals surface area contributed by atoms with Crippen LogP contribution in [0.15, 0.2) is 92.9 Å². The minimum Gasteiger partial charge on any atom is -0.460 e. The normalized spacial score (nSPS) is 11.4. The number of rotatable bonds is 6. The number of aromatic amines is 4. The summed E-state index contributed by atoms with van der Waals surface area (Å²) in [6.45, 7) is 3.98. The second-order valence-corrected chi connectivity index (χ2v) is 10.6. The topological polar surface area (TPSA) is 110 Å². The summed E-state index contributed by atoms with van der Waals surface area (Å²) in [7, 11) is 0. The zero-order valence-corrected chi connectivity index (χ0v) is 23.1. The van der Waals surface area contributed by atoms with Gasteiger partial charge < -0.3 is 4.42 Å². The molecule has 0 radical (unpaired) electrons. The highest BCUT2D eigenvalue weighted by atomic mass is 35.5. The van der Waals surface area contributed by atoms with Gasteiger partial charge in [-0.2, -0.15) is 0 Å². The zero-order chi connectivity index (χ0) is 28.0. The Balaban J connectivity index is 1.61. The van der Waals surface area contributed by atoms with E-state index in [9.17, 15) is 9.59 Å². The van der Waals surface area contributed by atoms with E-state index >= 15 is 0 Å². The van der Waals surface area contributed by atoms with Crippen LogP contribution in [0.3, 0.4) is 0 Å². The van der Waals surface area contributed by atoms with Crippen LogP contribution in [-0.4, -0.2) is 20.4 Å². The minimum absolute atomic E-state index is 0.348. The molecule has 4 N–H and O–H groups in total. The molecule has 7 nitrogen and oxygen atoms in total. The van der Waals surface area contributed by atoms with Gasteiger partial charge in [0.1, 0.15) is 11.5 Å². The van der Waals surface area contributed by atoms with Gasteiger partial charge in [-0.1, -0.05) is 82.9 Å². The van der Waals surface area contributed by atoms with Gasteiger partial charge in [0.05, 0.1) is 33.5 Å². The molecule has 0 fully saturated rings. The number of aryl methyl sites for hydroxylation is 2. The van der Waals surface area contributed by atoms with Gasteiger partial charge in [0.15, 0.2) is 0 Å². The smallest absolute Gasteiger partial charge is 0.268 e. The Labute approximate surface area is 238 Å². The van der Waals surface area contributed by atoms with Gasteiger partial charge in [0, 0.05) is 10.6 Å². The van der Waals surface area contributed by atoms with Crippen LogP contribution in [0.2, 0.25) is 10.0 Å². The van der Waals surface area contributed by atoms with Crippen molar-refractivity contribution in [3.63, 3.8) is 0 Å². The quantitative estimate of drug-likeness (QED) is 0.167. The summed E-state index contributed by atoms with van der Waals surface area (Å²) < 4.78 is 6.37. The second kappa shape index (κ2) is 10.3. The average molecular weight is 571 g/mol. The molecule has 0 bridgehead atoms. The molecule has 0 spiro atoms. The number of furan rings is 1. The van der Waals surface area contributed by atoms with E-state index in [0.717, 1.165) is 22.3 Å². The number of benzene rings is 3. The summed E-state index contributed by atoms with van der Waals surface area (Å²) in [6.07, 6.45) is 0. The summed E-state index contributed by atoms with van der Waals surface area (Å²) in [5.41, 5.74) is 5.42. The molecule has 200 valence electrons. The molecule has 0 saturated heterocycles. The third kappa shape index (κ3) is 4.63. The lowest BCUT2D eigenvalue weighted by Crippen LogP contribution is -2.19. The summed E-state index contributed by atoms with van der Waals surface area (Å²) in [5.74, 6) is -0.0209. The monoisotopic (exact) mass is 570 g/mol. The summed E-state index contributed by atoms with van der Waals surface area (Å²) in [6, 6.07) is 24.2. The molecular formula is C31H24Cl2N4O3. The standard InChI is InChI=1S/C31H24Cl2N4O3/c1-16-3-7-18(8-4-16)28-26(30(38)36-34-28)25(24-14-13-23(40-24)21-15-20(32)11-12-22(21)33)27-29(35-37-31(27)39)19-9-5-17(2)6-10-19/h3-15,25H,1-2H3,(H2,34,36,38)(H2,35,37,39). The largest absolute Gasteiger partial charge is 0.460 e. The maximum absolute atomic E-state index is 13.5. The van der Waals surface area contributed by atoms with E-state index in [-0.39, 0.29) is 11.1 Å². The van der Waals surface area contributed by atoms with E-state index in [1.165, 1.54) is 0 Å². The summed E-state index contributed by atoms with van der Waals surface area (Å²) in [4.78, 5) is 27.0. The van der Waals surface area contributed by atoms with Gasteiger partial charge in [-0.15, -0.1) is 0 Å². The van der Waals surface area contributed by atoms with Crippen molar-refractivity contribution in [1.29, 1.82) is 0 Å². The van der Waals surface area contributed by atoms with E-state index in [1.807, 2.05) is 62.4 Å². The highest BCUT2D eigenvalue weighted by molar-refractivity contribution is 6.35. The number of hydrogen-bond donors (Lipinski definition) is 4. The molecule has 9 heteroatoms. The van der Waals surface area contributed by atoms with Crippen molar-refractivity contribution in [3.8, 4) is 33.8 Å². The Hall–Kier alpha value is -4.46. The van der Waals surface area contributed by atoms with Gasteiger partial charge in [-0.25, -0.2) is 0 Å². The lowest BCUT2D eigenvalue weighted by atomic mass is 9.86. The van der Waals surface area contributed by atoms with E-state index < -0.39 is 5.92 Å². The second-order valence-electron chi connectivity index (χ2n) is 9.73. The van der Waals surface area contributed by atoms with E-state index in [0.29, 0.717) is 49.6 Å². The van der Waals surface area contributed by atoms with Crippen LogP contribution in [0.25, 0.3) is 33.8 Å². The molecule has 3 aromatic heterocycles. The Morgan fingerprint density at radius 2 is 1.18 bits per heavy atom. The molecule has 0 atom stereocenters. The Morgan fingerprint density at radius 3 is 1.70 bits per heavy atom. The SMILES string of the molecule is Cc1ccc(-c2[nH][nH]c(=O)c2C(c2ccc(-c3cc(Cl)ccc3Cl)o2)c2c(-c3ccc(C)cc3)[nH][nH]c2=O)cc1. The lowest BCUT2D eigenvalue weighted by molar-refractivity contribution is 0.515. The number of halogens is 2. The maximum atomic E-state index is 13.5. The van der Waals surface area contributed by atoms with Crippen molar-refractivity contribution in [2.45, 2.75) is 19.8 Å². The predicted molar refractivity (Wildman–Crippen MR) is 158 cm³/mol. The number of aromatic nitrogens is 4. The van der Waals surface area contributed by atoms with Crippen molar-refractivity contribution in [2.24, 2.45) is 0 Å². The van der Waals surface area contributed by atoms with Crippen molar-refractivity contribution in [2.75, 3.05) is 0 Å². The third-order valence-corrected chi connectivity index (χ3v) is 7.56. The number of H-pyrrole nitrogens is 4. The van der Waals surface area contributed by atoms with Gasteiger partial charge >= 0.3 is 0 Å². The molecule has 0 saturated carbocycles. The van der Waals surface area contributed by atoms with Crippen LogP contribution >= 0.6 is 23.2 Å². The number of nitrogens with one attached hydrogen (secondary N) is 4. The molecule has 0 aliphatic rings. The highest BCUT2D eigenvalue weighted by Crippen LogP contribution is 2.40. The molecule has 0 amide bonds. The van der Waals surface area contributed by atoms with Crippen LogP contribution in [-0.2, 0) is 0 Å². The Kier molecular flexibility index (Phi) is 6.62. The van der Waals surface area contributed by atoms with Crippen molar-refractivity contribution < 1.29 is 4.42 Å². The van der Waals surface area contributed by atoms with Gasteiger partial charge in [-0.05, 0) is 55.3 Å². The van der Waals surface area contributed by atoms with Crippen LogP contribution in [0.5, 0.6) is 0 Å². The van der Waals surface area contributed by atoms with E-state index in [2.05, 4.69) is 20.4 Å². The average Bonchev–Trinajstić information content (AvgIpc) is 3.67. The lowest BCUT2D eigenvalue weighted by Gasteiger charge is -2.15. The number of hydrogen-bond acceptors (Lipinski definition) is 3. The van der Waals surface area contributed by atoms with Crippen molar-refractivity contribution >= 4 is 23.2 Å². The van der Waals surface area contributed by atoms with Gasteiger partial charge in [0.25, 0.3) is 11.1 Å². The van der Waals surface area contributed by atoms with Crippen molar-refractivity contribution in [3.05, 3.63) is 138 Å². The summed E-state index contributed by atoms with van der Waals surface area (Å²) in [5, 5.41) is 12.4. The van der Waals surface area contributed by atoms with Crippen molar-refractivity contribution in [1.82, 2.24) is 20.4 Å². The van der Waals surface area contributed by atoms with Crippen LogP contribution in [0.4, 0.5) is 0 Å². The first-order valence-corrected chi connectivity index (χ1v) is 13.4. The molecule has 3 aromatic carbocycles. The molecule has 0 unspecified atom stereocenters.